The van der Waals surface area contributed by atoms with E-state index >= 15 is 0 Å². The van der Waals surface area contributed by atoms with E-state index in [9.17, 15) is 0 Å². The average molecular weight is 383 g/mol. The van der Waals surface area contributed by atoms with Crippen LogP contribution in [0.25, 0.3) is 0 Å². The Morgan fingerprint density at radius 3 is 2.56 bits per heavy atom. The first-order chi connectivity index (χ1) is 13.2. The van der Waals surface area contributed by atoms with Crippen molar-refractivity contribution in [3.8, 4) is 0 Å². The lowest BCUT2D eigenvalue weighted by Gasteiger charge is -2.21. The van der Waals surface area contributed by atoms with Gasteiger partial charge in [0.15, 0.2) is 5.17 Å². The number of unbranched alkanes of at least 4 members (excludes halogenated alkanes) is 1. The monoisotopic (exact) mass is 382 g/mol. The second-order valence-corrected chi connectivity index (χ2v) is 7.37. The zero-order valence-corrected chi connectivity index (χ0v) is 17.2. The molecule has 0 fully saturated rings. The molecule has 0 aromatic heterocycles. The lowest BCUT2D eigenvalue weighted by atomic mass is 10.1. The van der Waals surface area contributed by atoms with Crippen molar-refractivity contribution in [1.82, 2.24) is 4.90 Å². The first kappa shape index (κ1) is 21.2. The van der Waals surface area contributed by atoms with Crippen LogP contribution >= 0.6 is 11.8 Å². The molecule has 0 unspecified atom stereocenters. The molecule has 2 rings (SSSR count). The Balaban J connectivity index is 1.95. The maximum atomic E-state index is 5.97. The summed E-state index contributed by atoms with van der Waals surface area (Å²) in [6.07, 6.45) is 4.25. The van der Waals surface area contributed by atoms with Gasteiger partial charge in [-0.15, -0.1) is 5.10 Å². The van der Waals surface area contributed by atoms with Crippen LogP contribution in [0.4, 0.5) is 0 Å². The molecular weight excluding hydrogens is 352 g/mol. The fourth-order valence-electron chi connectivity index (χ4n) is 2.68. The van der Waals surface area contributed by atoms with Gasteiger partial charge in [0.2, 0.25) is 0 Å². The Labute approximate surface area is 167 Å². The summed E-state index contributed by atoms with van der Waals surface area (Å²) in [5, 5.41) is 8.82. The van der Waals surface area contributed by atoms with Gasteiger partial charge in [-0.1, -0.05) is 86.6 Å². The molecule has 0 saturated carbocycles. The summed E-state index contributed by atoms with van der Waals surface area (Å²) in [6, 6.07) is 18.6. The van der Waals surface area contributed by atoms with E-state index in [4.69, 9.17) is 5.73 Å². The molecule has 0 amide bonds. The zero-order chi connectivity index (χ0) is 19.3. The van der Waals surface area contributed by atoms with Crippen molar-refractivity contribution in [2.75, 3.05) is 13.1 Å². The lowest BCUT2D eigenvalue weighted by Crippen LogP contribution is -2.24. The van der Waals surface area contributed by atoms with E-state index in [-0.39, 0.29) is 0 Å². The molecule has 0 aliphatic heterocycles. The average Bonchev–Trinajstić information content (AvgIpc) is 2.71. The zero-order valence-electron chi connectivity index (χ0n) is 16.3. The van der Waals surface area contributed by atoms with E-state index in [1.165, 1.54) is 35.7 Å². The molecule has 0 saturated heterocycles. The smallest absolute Gasteiger partial charge is 0.180 e. The number of hydrogen-bond acceptors (Lipinski definition) is 4. The molecule has 0 atom stereocenters. The molecule has 2 aromatic carbocycles. The van der Waals surface area contributed by atoms with Gasteiger partial charge in [-0.25, -0.2) is 0 Å². The van der Waals surface area contributed by atoms with Crippen molar-refractivity contribution in [2.24, 2.45) is 15.9 Å². The predicted octanol–water partition coefficient (Wildman–Crippen LogP) is 4.89. The van der Waals surface area contributed by atoms with E-state index in [0.717, 1.165) is 31.0 Å². The predicted molar refractivity (Wildman–Crippen MR) is 119 cm³/mol. The van der Waals surface area contributed by atoms with Crippen LogP contribution in [0.15, 0.2) is 64.8 Å². The van der Waals surface area contributed by atoms with Crippen LogP contribution in [-0.4, -0.2) is 29.4 Å². The van der Waals surface area contributed by atoms with Crippen molar-refractivity contribution in [2.45, 2.75) is 39.0 Å². The third-order valence-electron chi connectivity index (χ3n) is 4.31. The van der Waals surface area contributed by atoms with Gasteiger partial charge in [0.05, 0.1) is 6.21 Å². The highest BCUT2D eigenvalue weighted by Gasteiger charge is 2.06. The molecule has 0 spiro atoms. The first-order valence-corrected chi connectivity index (χ1v) is 10.5. The summed E-state index contributed by atoms with van der Waals surface area (Å²) in [5.41, 5.74) is 9.56. The van der Waals surface area contributed by atoms with Crippen LogP contribution < -0.4 is 5.73 Å². The molecular formula is C22H30N4S. The molecule has 4 nitrogen and oxygen atoms in total. The van der Waals surface area contributed by atoms with E-state index in [2.05, 4.69) is 59.3 Å². The van der Waals surface area contributed by atoms with Gasteiger partial charge in [0.25, 0.3) is 0 Å². The van der Waals surface area contributed by atoms with Crippen LogP contribution in [-0.2, 0) is 12.3 Å². The first-order valence-electron chi connectivity index (χ1n) is 9.56. The minimum absolute atomic E-state index is 0.478. The quantitative estimate of drug-likeness (QED) is 0.361. The second kappa shape index (κ2) is 12.3. The molecule has 144 valence electrons. The Morgan fingerprint density at radius 2 is 1.81 bits per heavy atom. The summed E-state index contributed by atoms with van der Waals surface area (Å²) < 4.78 is 0. The van der Waals surface area contributed by atoms with Gasteiger partial charge in [0.1, 0.15) is 0 Å². The van der Waals surface area contributed by atoms with Gasteiger partial charge in [-0.2, -0.15) is 5.10 Å². The SMILES string of the molecule is CCCCN(CC)Cc1ccccc1C=NN=C(N)SCc1ccccc1. The normalized spacial score (nSPS) is 12.2. The minimum atomic E-state index is 0.478. The van der Waals surface area contributed by atoms with Gasteiger partial charge in [0, 0.05) is 12.3 Å². The molecule has 0 heterocycles. The third-order valence-corrected chi connectivity index (χ3v) is 5.16. The number of rotatable bonds is 10. The van der Waals surface area contributed by atoms with Crippen molar-refractivity contribution in [1.29, 1.82) is 0 Å². The number of nitrogens with zero attached hydrogens (tertiary/aromatic N) is 3. The van der Waals surface area contributed by atoms with E-state index in [0.29, 0.717) is 5.17 Å². The summed E-state index contributed by atoms with van der Waals surface area (Å²) >= 11 is 1.50. The number of hydrogen-bond donors (Lipinski definition) is 1. The highest BCUT2D eigenvalue weighted by molar-refractivity contribution is 8.13. The van der Waals surface area contributed by atoms with E-state index in [1.807, 2.05) is 24.3 Å². The molecule has 2 aromatic rings. The van der Waals surface area contributed by atoms with Crippen LogP contribution in [0.3, 0.4) is 0 Å². The molecule has 0 bridgehead atoms. The van der Waals surface area contributed by atoms with Gasteiger partial charge >= 0.3 is 0 Å². The summed E-state index contributed by atoms with van der Waals surface area (Å²) in [4.78, 5) is 2.46. The molecule has 27 heavy (non-hydrogen) atoms. The van der Waals surface area contributed by atoms with Crippen molar-refractivity contribution < 1.29 is 0 Å². The minimum Gasteiger partial charge on any atom is -0.377 e. The van der Waals surface area contributed by atoms with Crippen LogP contribution in [0, 0.1) is 0 Å². The Kier molecular flexibility index (Phi) is 9.66. The number of benzene rings is 2. The van der Waals surface area contributed by atoms with Crippen LogP contribution in [0.1, 0.15) is 43.4 Å². The highest BCUT2D eigenvalue weighted by atomic mass is 32.2. The molecule has 2 N–H and O–H groups in total. The molecule has 5 heteroatoms. The topological polar surface area (TPSA) is 54.0 Å². The van der Waals surface area contributed by atoms with Gasteiger partial charge < -0.3 is 5.73 Å². The second-order valence-electron chi connectivity index (χ2n) is 6.38. The Hall–Kier alpha value is -2.11. The summed E-state index contributed by atoms with van der Waals surface area (Å²) in [5.74, 6) is 0.797. The fraction of sp³-hybridized carbons (Fsp3) is 0.364. The molecule has 0 aliphatic rings. The fourth-order valence-corrected chi connectivity index (χ4v) is 3.30. The summed E-state index contributed by atoms with van der Waals surface area (Å²) in [7, 11) is 0. The van der Waals surface area contributed by atoms with E-state index < -0.39 is 0 Å². The summed E-state index contributed by atoms with van der Waals surface area (Å²) in [6.45, 7) is 7.54. The largest absolute Gasteiger partial charge is 0.377 e. The maximum Gasteiger partial charge on any atom is 0.180 e. The van der Waals surface area contributed by atoms with Crippen molar-refractivity contribution >= 4 is 23.1 Å². The lowest BCUT2D eigenvalue weighted by molar-refractivity contribution is 0.275. The van der Waals surface area contributed by atoms with Gasteiger partial charge in [-0.3, -0.25) is 4.90 Å². The Bertz CT molecular complexity index is 728. The number of amidine groups is 1. The maximum absolute atomic E-state index is 5.97. The standard InChI is InChI=1S/C22H30N4S/c1-3-5-15-26(4-2)17-21-14-10-9-13-20(21)16-24-25-22(23)27-18-19-11-7-6-8-12-19/h6-14,16H,3-5,15,17-18H2,1-2H3,(H2,23,25). The molecule has 0 radical (unpaired) electrons. The third kappa shape index (κ3) is 7.97. The number of thioether (sulfide) groups is 1. The van der Waals surface area contributed by atoms with Crippen LogP contribution in [0.5, 0.6) is 0 Å². The van der Waals surface area contributed by atoms with Crippen LogP contribution in [0.2, 0.25) is 0 Å². The Morgan fingerprint density at radius 1 is 1.07 bits per heavy atom. The van der Waals surface area contributed by atoms with Crippen molar-refractivity contribution in [3.63, 3.8) is 0 Å². The van der Waals surface area contributed by atoms with Gasteiger partial charge in [-0.05, 0) is 36.2 Å². The van der Waals surface area contributed by atoms with E-state index in [1.54, 1.807) is 6.21 Å². The highest BCUT2D eigenvalue weighted by Crippen LogP contribution is 2.13. The molecule has 0 aliphatic carbocycles. The number of nitrogens with two attached hydrogens (primary N) is 1. The van der Waals surface area contributed by atoms with Crippen molar-refractivity contribution in [3.05, 3.63) is 71.3 Å².